The SMILES string of the molecule is CC(C1=CCCC=C1)N1C(=O)c2ccc(-c3ccccc3)n2CC1(C)C(=O)NC1CCCCCCC1. The predicted molar refractivity (Wildman–Crippen MR) is 145 cm³/mol. The first kappa shape index (κ1) is 24.6. The Hall–Kier alpha value is -3.08. The highest BCUT2D eigenvalue weighted by molar-refractivity contribution is 6.01. The molecule has 1 aromatic heterocycles. The summed E-state index contributed by atoms with van der Waals surface area (Å²) in [6.07, 6.45) is 16.6. The molecule has 2 aliphatic carbocycles. The fourth-order valence-corrected chi connectivity index (χ4v) is 6.24. The molecule has 5 rings (SSSR count). The maximum Gasteiger partial charge on any atom is 0.271 e. The first-order valence-corrected chi connectivity index (χ1v) is 13.8. The van der Waals surface area contributed by atoms with E-state index < -0.39 is 5.54 Å². The number of carbonyl (C=O) groups is 2. The maximum absolute atomic E-state index is 14.2. The largest absolute Gasteiger partial charge is 0.351 e. The van der Waals surface area contributed by atoms with Crippen molar-refractivity contribution in [2.75, 3.05) is 0 Å². The van der Waals surface area contributed by atoms with Gasteiger partial charge in [0.2, 0.25) is 5.91 Å². The molecule has 1 N–H and O–H groups in total. The zero-order chi connectivity index (χ0) is 25.1. The minimum Gasteiger partial charge on any atom is -0.351 e. The number of carbonyl (C=O) groups excluding carboxylic acids is 2. The smallest absolute Gasteiger partial charge is 0.271 e. The van der Waals surface area contributed by atoms with Crippen molar-refractivity contribution in [1.29, 1.82) is 0 Å². The van der Waals surface area contributed by atoms with Crippen LogP contribution in [-0.4, -0.2) is 38.9 Å². The van der Waals surface area contributed by atoms with E-state index in [1.807, 2.05) is 42.2 Å². The summed E-state index contributed by atoms with van der Waals surface area (Å²) < 4.78 is 2.06. The molecule has 2 unspecified atom stereocenters. The summed E-state index contributed by atoms with van der Waals surface area (Å²) in [7, 11) is 0. The molecule has 1 aliphatic heterocycles. The molecule has 0 spiro atoms. The topological polar surface area (TPSA) is 54.3 Å². The molecule has 2 atom stereocenters. The molecule has 36 heavy (non-hydrogen) atoms. The van der Waals surface area contributed by atoms with Gasteiger partial charge in [-0.25, -0.2) is 0 Å². The molecule has 0 radical (unpaired) electrons. The summed E-state index contributed by atoms with van der Waals surface area (Å²) in [5, 5.41) is 3.40. The standard InChI is InChI=1S/C31H39N3O2/c1-23(24-14-8-6-9-15-24)34-29(35)28-21-20-27(25-16-10-7-11-17-25)33(28)22-31(34,2)30(36)32-26-18-12-4-3-5-13-19-26/h7-8,10-11,14-17,20-21,23,26H,3-6,9,12-13,18-19,22H2,1-2H3,(H,32,36). The van der Waals surface area contributed by atoms with Crippen LogP contribution in [0.2, 0.25) is 0 Å². The highest BCUT2D eigenvalue weighted by Crippen LogP contribution is 2.36. The van der Waals surface area contributed by atoms with Gasteiger partial charge in [0.1, 0.15) is 11.2 Å². The van der Waals surface area contributed by atoms with Crippen molar-refractivity contribution in [2.45, 2.75) is 95.8 Å². The normalized spacial score (nSPS) is 23.9. The Balaban J connectivity index is 1.52. The molecule has 2 amide bonds. The summed E-state index contributed by atoms with van der Waals surface area (Å²) in [4.78, 5) is 30.1. The number of allylic oxidation sites excluding steroid dienone is 2. The highest BCUT2D eigenvalue weighted by atomic mass is 16.2. The Labute approximate surface area is 215 Å². The van der Waals surface area contributed by atoms with Crippen LogP contribution in [0.15, 0.2) is 66.3 Å². The van der Waals surface area contributed by atoms with E-state index in [0.717, 1.165) is 55.4 Å². The van der Waals surface area contributed by atoms with Crippen LogP contribution in [0.1, 0.15) is 82.1 Å². The fourth-order valence-electron chi connectivity index (χ4n) is 6.24. The lowest BCUT2D eigenvalue weighted by Crippen LogP contribution is -2.67. The molecule has 0 saturated heterocycles. The van der Waals surface area contributed by atoms with Crippen LogP contribution < -0.4 is 5.32 Å². The second-order valence-corrected chi connectivity index (χ2v) is 10.9. The lowest BCUT2D eigenvalue weighted by atomic mass is 9.88. The van der Waals surface area contributed by atoms with Crippen molar-refractivity contribution in [3.8, 4) is 11.3 Å². The van der Waals surface area contributed by atoms with Gasteiger partial charge in [-0.1, -0.05) is 80.7 Å². The third-order valence-electron chi connectivity index (χ3n) is 8.31. The molecule has 190 valence electrons. The Morgan fingerprint density at radius 2 is 1.67 bits per heavy atom. The van der Waals surface area contributed by atoms with Gasteiger partial charge in [-0.05, 0) is 62.8 Å². The number of benzene rings is 1. The van der Waals surface area contributed by atoms with E-state index in [4.69, 9.17) is 0 Å². The van der Waals surface area contributed by atoms with Gasteiger partial charge < -0.3 is 14.8 Å². The van der Waals surface area contributed by atoms with Crippen molar-refractivity contribution in [3.63, 3.8) is 0 Å². The number of rotatable bonds is 5. The Kier molecular flexibility index (Phi) is 7.17. The summed E-state index contributed by atoms with van der Waals surface area (Å²) in [5.41, 5.74) is 2.80. The van der Waals surface area contributed by atoms with Gasteiger partial charge >= 0.3 is 0 Å². The molecule has 2 aromatic rings. The van der Waals surface area contributed by atoms with Crippen LogP contribution >= 0.6 is 0 Å². The Bertz CT molecular complexity index is 1150. The lowest BCUT2D eigenvalue weighted by Gasteiger charge is -2.48. The first-order chi connectivity index (χ1) is 17.5. The molecule has 1 fully saturated rings. The van der Waals surface area contributed by atoms with Crippen LogP contribution in [-0.2, 0) is 11.3 Å². The number of hydrogen-bond acceptors (Lipinski definition) is 2. The average molecular weight is 486 g/mol. The van der Waals surface area contributed by atoms with Crippen molar-refractivity contribution < 1.29 is 9.59 Å². The van der Waals surface area contributed by atoms with Crippen LogP contribution in [0.25, 0.3) is 11.3 Å². The van der Waals surface area contributed by atoms with E-state index in [1.165, 1.54) is 19.3 Å². The molecular weight excluding hydrogens is 446 g/mol. The molecule has 3 aliphatic rings. The fraction of sp³-hybridized carbons (Fsp3) is 0.484. The monoisotopic (exact) mass is 485 g/mol. The molecule has 2 heterocycles. The molecule has 5 heteroatoms. The number of nitrogens with one attached hydrogen (secondary N) is 1. The van der Waals surface area contributed by atoms with E-state index in [-0.39, 0.29) is 23.9 Å². The van der Waals surface area contributed by atoms with Crippen LogP contribution in [0.5, 0.6) is 0 Å². The lowest BCUT2D eigenvalue weighted by molar-refractivity contribution is -0.134. The number of aromatic nitrogens is 1. The third-order valence-corrected chi connectivity index (χ3v) is 8.31. The second kappa shape index (κ2) is 10.5. The quantitative estimate of drug-likeness (QED) is 0.543. The van der Waals surface area contributed by atoms with E-state index in [0.29, 0.717) is 12.2 Å². The predicted octanol–water partition coefficient (Wildman–Crippen LogP) is 6.26. The van der Waals surface area contributed by atoms with Gasteiger partial charge in [0.25, 0.3) is 5.91 Å². The summed E-state index contributed by atoms with van der Waals surface area (Å²) in [6.45, 7) is 4.47. The third kappa shape index (κ3) is 4.68. The van der Waals surface area contributed by atoms with Crippen LogP contribution in [0.4, 0.5) is 0 Å². The molecule has 5 nitrogen and oxygen atoms in total. The molecule has 1 saturated carbocycles. The highest BCUT2D eigenvalue weighted by Gasteiger charge is 2.50. The Morgan fingerprint density at radius 3 is 2.36 bits per heavy atom. The molecule has 0 bridgehead atoms. The van der Waals surface area contributed by atoms with Crippen molar-refractivity contribution in [1.82, 2.24) is 14.8 Å². The summed E-state index contributed by atoms with van der Waals surface area (Å²) in [5.74, 6) is -0.113. The number of amides is 2. The Morgan fingerprint density at radius 1 is 0.972 bits per heavy atom. The number of hydrogen-bond donors (Lipinski definition) is 1. The van der Waals surface area contributed by atoms with Crippen LogP contribution in [0.3, 0.4) is 0 Å². The summed E-state index contributed by atoms with van der Waals surface area (Å²) in [6, 6.07) is 14.1. The van der Waals surface area contributed by atoms with Gasteiger partial charge in [0.15, 0.2) is 0 Å². The van der Waals surface area contributed by atoms with Gasteiger partial charge in [-0.3, -0.25) is 9.59 Å². The van der Waals surface area contributed by atoms with E-state index in [1.54, 1.807) is 0 Å². The molecular formula is C31H39N3O2. The van der Waals surface area contributed by atoms with E-state index in [2.05, 4.69) is 47.2 Å². The maximum atomic E-state index is 14.2. The van der Waals surface area contributed by atoms with Gasteiger partial charge in [0, 0.05) is 11.7 Å². The van der Waals surface area contributed by atoms with Crippen molar-refractivity contribution in [3.05, 3.63) is 72.0 Å². The molecule has 1 aromatic carbocycles. The van der Waals surface area contributed by atoms with Gasteiger partial charge in [-0.2, -0.15) is 0 Å². The van der Waals surface area contributed by atoms with Gasteiger partial charge in [0.05, 0.1) is 12.6 Å². The van der Waals surface area contributed by atoms with E-state index >= 15 is 0 Å². The van der Waals surface area contributed by atoms with Gasteiger partial charge in [-0.15, -0.1) is 0 Å². The van der Waals surface area contributed by atoms with Crippen molar-refractivity contribution >= 4 is 11.8 Å². The number of nitrogens with zero attached hydrogens (tertiary/aromatic N) is 2. The zero-order valence-corrected chi connectivity index (χ0v) is 21.7. The van der Waals surface area contributed by atoms with E-state index in [9.17, 15) is 9.59 Å². The minimum absolute atomic E-state index is 0.0352. The zero-order valence-electron chi connectivity index (χ0n) is 21.7. The van der Waals surface area contributed by atoms with Crippen LogP contribution in [0, 0.1) is 0 Å². The average Bonchev–Trinajstić information content (AvgIpc) is 3.30. The second-order valence-electron chi connectivity index (χ2n) is 10.9. The summed E-state index contributed by atoms with van der Waals surface area (Å²) >= 11 is 0. The first-order valence-electron chi connectivity index (χ1n) is 13.8. The number of fused-ring (bicyclic) bond motifs is 1. The minimum atomic E-state index is -0.999. The van der Waals surface area contributed by atoms with Crippen molar-refractivity contribution in [2.24, 2.45) is 0 Å².